The van der Waals surface area contributed by atoms with Crippen LogP contribution < -0.4 is 14.4 Å². The van der Waals surface area contributed by atoms with Gasteiger partial charge < -0.3 is 19.3 Å². The number of piperazine rings is 1. The molecule has 3 aliphatic heterocycles. The number of benzene rings is 1. The maximum absolute atomic E-state index is 13.0. The molecule has 9 heteroatoms. The summed E-state index contributed by atoms with van der Waals surface area (Å²) in [6, 6.07) is 11.5. The predicted molar refractivity (Wildman–Crippen MR) is 110 cm³/mol. The number of rotatable bonds is 5. The Morgan fingerprint density at radius 2 is 1.77 bits per heavy atom. The van der Waals surface area contributed by atoms with Crippen LogP contribution in [0.1, 0.15) is 19.2 Å². The number of aryl methyl sites for hydroxylation is 1. The molecule has 3 aliphatic rings. The first kappa shape index (κ1) is 18.7. The minimum absolute atomic E-state index is 0.0322. The van der Waals surface area contributed by atoms with Crippen LogP contribution in [0, 0.1) is 6.92 Å². The Morgan fingerprint density at radius 3 is 2.47 bits per heavy atom. The first-order chi connectivity index (χ1) is 14.5. The Kier molecular flexibility index (Phi) is 4.45. The summed E-state index contributed by atoms with van der Waals surface area (Å²) in [7, 11) is 1.62. The SMILES string of the molecule is COc1ccc(OC(C)C(=O)N2C3CC2CN(c2ccc4nnc(C)n4n2)C3)cc1. The van der Waals surface area contributed by atoms with Crippen molar-refractivity contribution in [2.24, 2.45) is 0 Å². The number of amides is 1. The van der Waals surface area contributed by atoms with Crippen molar-refractivity contribution < 1.29 is 14.3 Å². The van der Waals surface area contributed by atoms with Crippen LogP contribution in [-0.4, -0.2) is 69.0 Å². The molecule has 2 bridgehead atoms. The van der Waals surface area contributed by atoms with Crippen molar-refractivity contribution >= 4 is 17.4 Å². The molecule has 3 atom stereocenters. The second kappa shape index (κ2) is 7.16. The molecule has 30 heavy (non-hydrogen) atoms. The van der Waals surface area contributed by atoms with Gasteiger partial charge in [-0.25, -0.2) is 0 Å². The molecule has 3 saturated heterocycles. The summed E-state index contributed by atoms with van der Waals surface area (Å²) in [5.41, 5.74) is 0.736. The van der Waals surface area contributed by atoms with E-state index >= 15 is 0 Å². The summed E-state index contributed by atoms with van der Waals surface area (Å²) in [6.07, 6.45) is 0.482. The highest BCUT2D eigenvalue weighted by Gasteiger charge is 2.48. The zero-order valence-corrected chi connectivity index (χ0v) is 17.2. The van der Waals surface area contributed by atoms with Crippen LogP contribution >= 0.6 is 0 Å². The number of ether oxygens (including phenoxy) is 2. The minimum atomic E-state index is -0.538. The summed E-state index contributed by atoms with van der Waals surface area (Å²) < 4.78 is 12.8. The lowest BCUT2D eigenvalue weighted by molar-refractivity contribution is -0.153. The van der Waals surface area contributed by atoms with Gasteiger partial charge in [0.1, 0.15) is 17.3 Å². The third-order valence-corrected chi connectivity index (χ3v) is 5.90. The molecule has 0 aliphatic carbocycles. The average molecular weight is 408 g/mol. The number of hydrogen-bond acceptors (Lipinski definition) is 7. The molecule has 0 spiro atoms. The Balaban J connectivity index is 1.24. The number of aromatic nitrogens is 4. The topological polar surface area (TPSA) is 85.1 Å². The molecule has 3 unspecified atom stereocenters. The average Bonchev–Trinajstić information content (AvgIpc) is 3.14. The number of hydrogen-bond donors (Lipinski definition) is 0. The maximum atomic E-state index is 13.0. The van der Waals surface area contributed by atoms with Gasteiger partial charge >= 0.3 is 0 Å². The number of methoxy groups -OCH3 is 1. The van der Waals surface area contributed by atoms with Gasteiger partial charge in [-0.1, -0.05) is 0 Å². The van der Waals surface area contributed by atoms with Gasteiger partial charge in [-0.3, -0.25) is 4.79 Å². The van der Waals surface area contributed by atoms with Crippen LogP contribution in [0.3, 0.4) is 0 Å². The van der Waals surface area contributed by atoms with Crippen molar-refractivity contribution in [2.75, 3.05) is 25.1 Å². The summed E-state index contributed by atoms with van der Waals surface area (Å²) in [5.74, 6) is 3.09. The van der Waals surface area contributed by atoms with Gasteiger partial charge in [0.2, 0.25) is 0 Å². The molecular weight excluding hydrogens is 384 g/mol. The third kappa shape index (κ3) is 3.10. The highest BCUT2D eigenvalue weighted by molar-refractivity contribution is 5.83. The molecular formula is C21H24N6O3. The van der Waals surface area contributed by atoms with E-state index in [4.69, 9.17) is 9.47 Å². The summed E-state index contributed by atoms with van der Waals surface area (Å²) in [6.45, 7) is 5.21. The first-order valence-electron chi connectivity index (χ1n) is 10.1. The van der Waals surface area contributed by atoms with Crippen LogP contribution in [0.5, 0.6) is 11.5 Å². The molecule has 2 aromatic heterocycles. The van der Waals surface area contributed by atoms with Crippen LogP contribution in [0.15, 0.2) is 36.4 Å². The first-order valence-corrected chi connectivity index (χ1v) is 10.1. The highest BCUT2D eigenvalue weighted by atomic mass is 16.5. The van der Waals surface area contributed by atoms with E-state index in [-0.39, 0.29) is 18.0 Å². The smallest absolute Gasteiger partial charge is 0.263 e. The van der Waals surface area contributed by atoms with E-state index in [0.29, 0.717) is 5.75 Å². The number of carbonyl (C=O) groups is 1. The lowest BCUT2D eigenvalue weighted by Crippen LogP contribution is -2.71. The zero-order chi connectivity index (χ0) is 20.8. The molecule has 3 aromatic rings. The molecule has 156 valence electrons. The number of piperidine rings is 1. The van der Waals surface area contributed by atoms with Crippen LogP contribution in [-0.2, 0) is 4.79 Å². The van der Waals surface area contributed by atoms with Crippen molar-refractivity contribution in [3.8, 4) is 11.5 Å². The Bertz CT molecular complexity index is 1070. The van der Waals surface area contributed by atoms with Crippen molar-refractivity contribution in [3.05, 3.63) is 42.2 Å². The fraction of sp³-hybridized carbons (Fsp3) is 0.429. The molecule has 0 saturated carbocycles. The molecule has 9 nitrogen and oxygen atoms in total. The number of carbonyl (C=O) groups excluding carboxylic acids is 1. The molecule has 6 rings (SSSR count). The van der Waals surface area contributed by atoms with Gasteiger partial charge in [-0.2, -0.15) is 4.52 Å². The summed E-state index contributed by atoms with van der Waals surface area (Å²) >= 11 is 0. The minimum Gasteiger partial charge on any atom is -0.497 e. The molecule has 0 N–H and O–H groups in total. The van der Waals surface area contributed by atoms with Gasteiger partial charge in [0.15, 0.2) is 17.6 Å². The summed E-state index contributed by atoms with van der Waals surface area (Å²) in [5, 5.41) is 12.8. The number of anilines is 1. The molecule has 1 amide bonds. The quantitative estimate of drug-likeness (QED) is 0.635. The molecule has 5 heterocycles. The lowest BCUT2D eigenvalue weighted by atomic mass is 9.86. The second-order valence-corrected chi connectivity index (χ2v) is 7.84. The van der Waals surface area contributed by atoms with Gasteiger partial charge in [0.25, 0.3) is 5.91 Å². The van der Waals surface area contributed by atoms with E-state index in [2.05, 4.69) is 20.2 Å². The van der Waals surface area contributed by atoms with Gasteiger partial charge in [-0.05, 0) is 56.7 Å². The van der Waals surface area contributed by atoms with Crippen molar-refractivity contribution in [1.82, 2.24) is 24.7 Å². The van der Waals surface area contributed by atoms with E-state index in [0.717, 1.165) is 42.5 Å². The third-order valence-electron chi connectivity index (χ3n) is 5.90. The zero-order valence-electron chi connectivity index (χ0n) is 17.2. The predicted octanol–water partition coefficient (Wildman–Crippen LogP) is 1.70. The van der Waals surface area contributed by atoms with Gasteiger partial charge in [-0.15, -0.1) is 15.3 Å². The summed E-state index contributed by atoms with van der Waals surface area (Å²) in [4.78, 5) is 17.2. The van der Waals surface area contributed by atoms with E-state index < -0.39 is 6.10 Å². The fourth-order valence-electron chi connectivity index (χ4n) is 4.33. The Morgan fingerprint density at radius 1 is 1.07 bits per heavy atom. The standard InChI is InChI=1S/C21H24N6O3/c1-13(30-18-6-4-17(29-3)5-7-18)21(28)26-15-10-16(26)12-25(11-15)20-9-8-19-23-22-14(2)27(19)24-20/h4-9,13,15-16H,10-12H2,1-3H3. The number of nitrogens with zero attached hydrogens (tertiary/aromatic N) is 6. The maximum Gasteiger partial charge on any atom is 0.263 e. The van der Waals surface area contributed by atoms with Gasteiger partial charge in [0, 0.05) is 13.1 Å². The largest absolute Gasteiger partial charge is 0.497 e. The van der Waals surface area contributed by atoms with E-state index in [1.807, 2.05) is 55.1 Å². The highest BCUT2D eigenvalue weighted by Crippen LogP contribution is 2.35. The second-order valence-electron chi connectivity index (χ2n) is 7.84. The number of fused-ring (bicyclic) bond motifs is 3. The van der Waals surface area contributed by atoms with E-state index in [9.17, 15) is 4.79 Å². The molecule has 1 aromatic carbocycles. The lowest BCUT2D eigenvalue weighted by Gasteiger charge is -2.56. The van der Waals surface area contributed by atoms with E-state index in [1.54, 1.807) is 11.6 Å². The molecule has 3 fully saturated rings. The molecule has 0 radical (unpaired) electrons. The van der Waals surface area contributed by atoms with Gasteiger partial charge in [0.05, 0.1) is 19.2 Å². The Hall–Kier alpha value is -3.36. The van der Waals surface area contributed by atoms with E-state index in [1.165, 1.54) is 0 Å². The van der Waals surface area contributed by atoms with Crippen LogP contribution in [0.25, 0.3) is 5.65 Å². The normalized spacial score (nSPS) is 21.3. The van der Waals surface area contributed by atoms with Crippen molar-refractivity contribution in [1.29, 1.82) is 0 Å². The fourth-order valence-corrected chi connectivity index (χ4v) is 4.33. The van der Waals surface area contributed by atoms with Crippen LogP contribution in [0.2, 0.25) is 0 Å². The van der Waals surface area contributed by atoms with Crippen molar-refractivity contribution in [3.63, 3.8) is 0 Å². The van der Waals surface area contributed by atoms with Crippen LogP contribution in [0.4, 0.5) is 5.82 Å². The Labute approximate surface area is 174 Å². The van der Waals surface area contributed by atoms with Crippen molar-refractivity contribution in [2.45, 2.75) is 38.5 Å². The monoisotopic (exact) mass is 408 g/mol.